The minimum absolute atomic E-state index is 0.0539. The molecule has 0 radical (unpaired) electrons. The molecule has 0 bridgehead atoms. The van der Waals surface area contributed by atoms with Crippen molar-refractivity contribution in [2.45, 2.75) is 23.9 Å². The highest BCUT2D eigenvalue weighted by molar-refractivity contribution is 9.10. The molecule has 0 spiro atoms. The summed E-state index contributed by atoms with van der Waals surface area (Å²) in [5.41, 5.74) is 7.50. The van der Waals surface area contributed by atoms with Gasteiger partial charge in [-0.1, -0.05) is 58.4 Å². The van der Waals surface area contributed by atoms with E-state index in [4.69, 9.17) is 10.5 Å². The number of sulfonamides is 1. The molecule has 5 rings (SSSR count). The van der Waals surface area contributed by atoms with Crippen molar-refractivity contribution in [1.82, 2.24) is 9.62 Å². The van der Waals surface area contributed by atoms with Gasteiger partial charge in [-0.25, -0.2) is 8.42 Å². The Balaban J connectivity index is 1.33. The zero-order valence-electron chi connectivity index (χ0n) is 19.2. The van der Waals surface area contributed by atoms with Crippen molar-refractivity contribution in [3.63, 3.8) is 0 Å². The van der Waals surface area contributed by atoms with E-state index >= 15 is 0 Å². The Labute approximate surface area is 217 Å². The number of anilines is 1. The van der Waals surface area contributed by atoms with Crippen LogP contribution in [0, 0.1) is 0 Å². The molecule has 0 saturated carbocycles. The van der Waals surface area contributed by atoms with E-state index in [1.54, 1.807) is 18.2 Å². The first kappa shape index (κ1) is 24.7. The summed E-state index contributed by atoms with van der Waals surface area (Å²) < 4.78 is 35.0. The van der Waals surface area contributed by atoms with E-state index in [-0.39, 0.29) is 26.2 Å². The average molecular weight is 573 g/mol. The number of hydrogen-bond acceptors (Lipinski definition) is 6. The van der Waals surface area contributed by atoms with Crippen molar-refractivity contribution in [2.75, 3.05) is 25.0 Å². The maximum atomic E-state index is 13.7. The molecule has 3 atom stereocenters. The summed E-state index contributed by atoms with van der Waals surface area (Å²) in [4.78, 5) is 25.1. The highest BCUT2D eigenvalue weighted by atomic mass is 79.9. The second-order valence-electron chi connectivity index (χ2n) is 8.80. The average Bonchev–Trinajstić information content (AvgIpc) is 3.27. The van der Waals surface area contributed by atoms with Crippen molar-refractivity contribution >= 4 is 54.2 Å². The number of primary amides is 1. The minimum Gasteiger partial charge on any atom is -0.372 e. The van der Waals surface area contributed by atoms with E-state index in [9.17, 15) is 18.0 Å². The number of ether oxygens (including phenoxy) is 1. The summed E-state index contributed by atoms with van der Waals surface area (Å²) in [5, 5.41) is 6.70. The molecule has 2 aliphatic rings. The van der Waals surface area contributed by atoms with Crippen molar-refractivity contribution in [2.24, 2.45) is 5.73 Å². The second-order valence-corrected chi connectivity index (χ2v) is 11.8. The number of halogens is 1. The van der Waals surface area contributed by atoms with Crippen LogP contribution in [-0.2, 0) is 30.9 Å². The summed E-state index contributed by atoms with van der Waals surface area (Å²) in [7, 11) is -4.06. The van der Waals surface area contributed by atoms with E-state index < -0.39 is 39.2 Å². The van der Waals surface area contributed by atoms with Gasteiger partial charge in [0.15, 0.2) is 0 Å². The number of rotatable bonds is 6. The third kappa shape index (κ3) is 4.59. The van der Waals surface area contributed by atoms with Gasteiger partial charge in [0.2, 0.25) is 15.9 Å². The highest BCUT2D eigenvalue weighted by Gasteiger charge is 2.48. The lowest BCUT2D eigenvalue weighted by molar-refractivity contribution is -0.136. The predicted molar refractivity (Wildman–Crippen MR) is 140 cm³/mol. The van der Waals surface area contributed by atoms with Crippen molar-refractivity contribution in [3.05, 3.63) is 76.3 Å². The second kappa shape index (κ2) is 9.81. The first-order valence-corrected chi connectivity index (χ1v) is 13.8. The smallest absolute Gasteiger partial charge is 0.250 e. The van der Waals surface area contributed by atoms with E-state index in [1.165, 1.54) is 4.31 Å². The molecular weight excluding hydrogens is 548 g/mol. The van der Waals surface area contributed by atoms with E-state index in [0.29, 0.717) is 15.7 Å². The van der Waals surface area contributed by atoms with E-state index in [2.05, 4.69) is 26.6 Å². The molecule has 1 saturated heterocycles. The monoisotopic (exact) mass is 572 g/mol. The number of nitrogens with two attached hydrogens (primary N) is 1. The largest absolute Gasteiger partial charge is 0.372 e. The van der Waals surface area contributed by atoms with Crippen LogP contribution in [0.2, 0.25) is 0 Å². The van der Waals surface area contributed by atoms with Crippen LogP contribution in [0.15, 0.2) is 65.1 Å². The lowest BCUT2D eigenvalue weighted by Gasteiger charge is -2.34. The maximum absolute atomic E-state index is 13.7. The van der Waals surface area contributed by atoms with Gasteiger partial charge in [-0.15, -0.1) is 0 Å². The SMILES string of the molecule is NC(=O)C1Nc2ccc(Br)cc2C1S(=O)(=O)N1CCOC(C(=O)NCc2cccc3ccccc23)C1. The number of hydrogen-bond donors (Lipinski definition) is 3. The lowest BCUT2D eigenvalue weighted by atomic mass is 10.0. The Morgan fingerprint density at radius 2 is 1.92 bits per heavy atom. The molecule has 0 aliphatic carbocycles. The molecule has 0 aromatic heterocycles. The quantitative estimate of drug-likeness (QED) is 0.415. The maximum Gasteiger partial charge on any atom is 0.250 e. The van der Waals surface area contributed by atoms with Gasteiger partial charge in [0.1, 0.15) is 17.4 Å². The van der Waals surface area contributed by atoms with Gasteiger partial charge in [-0.05, 0) is 40.1 Å². The third-order valence-electron chi connectivity index (χ3n) is 6.58. The molecule has 11 heteroatoms. The Morgan fingerprint density at radius 1 is 1.14 bits per heavy atom. The number of nitrogens with one attached hydrogen (secondary N) is 2. The molecule has 2 aliphatic heterocycles. The summed E-state index contributed by atoms with van der Waals surface area (Å²) in [6.07, 6.45) is -0.980. The normalized spacial score (nSPS) is 22.1. The fourth-order valence-corrected chi connectivity index (χ4v) is 7.23. The van der Waals surface area contributed by atoms with Crippen molar-refractivity contribution in [1.29, 1.82) is 0 Å². The summed E-state index contributed by atoms with van der Waals surface area (Å²) >= 11 is 3.37. The molecule has 3 aromatic carbocycles. The van der Waals surface area contributed by atoms with Crippen LogP contribution in [0.3, 0.4) is 0 Å². The van der Waals surface area contributed by atoms with Crippen LogP contribution >= 0.6 is 15.9 Å². The molecule has 9 nitrogen and oxygen atoms in total. The summed E-state index contributed by atoms with van der Waals surface area (Å²) in [6.45, 7) is 0.249. The van der Waals surface area contributed by atoms with Crippen LogP contribution in [-0.4, -0.2) is 56.4 Å². The summed E-state index contributed by atoms with van der Waals surface area (Å²) in [6, 6.07) is 17.8. The van der Waals surface area contributed by atoms with Crippen LogP contribution in [0.4, 0.5) is 5.69 Å². The molecule has 188 valence electrons. The van der Waals surface area contributed by atoms with Crippen molar-refractivity contribution in [3.8, 4) is 0 Å². The fourth-order valence-electron chi connectivity index (χ4n) is 4.79. The van der Waals surface area contributed by atoms with Gasteiger partial charge in [0.25, 0.3) is 5.91 Å². The van der Waals surface area contributed by atoms with Crippen LogP contribution in [0.5, 0.6) is 0 Å². The number of amides is 2. The number of fused-ring (bicyclic) bond motifs is 2. The van der Waals surface area contributed by atoms with E-state index in [1.807, 2.05) is 42.5 Å². The number of benzene rings is 3. The minimum atomic E-state index is -4.06. The number of carbonyl (C=O) groups is 2. The standard InChI is InChI=1S/C25H25BrN4O5S/c26-17-8-9-20-19(12-17)23(22(29-20)24(27)31)36(33,34)30-10-11-35-21(14-30)25(32)28-13-16-6-3-5-15-4-1-2-7-18(15)16/h1-9,12,21-23,29H,10-11,13-14H2,(H2,27,31)(H,28,32). The van der Waals surface area contributed by atoms with Gasteiger partial charge in [-0.3, -0.25) is 9.59 Å². The number of carbonyl (C=O) groups excluding carboxylic acids is 2. The third-order valence-corrected chi connectivity index (χ3v) is 9.29. The molecule has 3 aromatic rings. The predicted octanol–water partition coefficient (Wildman–Crippen LogP) is 2.27. The molecular formula is C25H25BrN4O5S. The zero-order valence-corrected chi connectivity index (χ0v) is 21.6. The molecule has 36 heavy (non-hydrogen) atoms. The Morgan fingerprint density at radius 3 is 2.72 bits per heavy atom. The Hall–Kier alpha value is -2.99. The number of morpholine rings is 1. The molecule has 2 amide bonds. The molecule has 4 N–H and O–H groups in total. The lowest BCUT2D eigenvalue weighted by Crippen LogP contribution is -2.53. The Bertz CT molecular complexity index is 1440. The first-order valence-electron chi connectivity index (χ1n) is 11.5. The van der Waals surface area contributed by atoms with Gasteiger partial charge < -0.3 is 21.1 Å². The van der Waals surface area contributed by atoms with Crippen LogP contribution in [0.25, 0.3) is 10.8 Å². The van der Waals surface area contributed by atoms with Gasteiger partial charge in [-0.2, -0.15) is 4.31 Å². The number of nitrogens with zero attached hydrogens (tertiary/aromatic N) is 1. The molecule has 1 fully saturated rings. The first-order chi connectivity index (χ1) is 17.3. The highest BCUT2D eigenvalue weighted by Crippen LogP contribution is 2.42. The van der Waals surface area contributed by atoms with Crippen LogP contribution < -0.4 is 16.4 Å². The van der Waals surface area contributed by atoms with Gasteiger partial charge in [0, 0.05) is 29.8 Å². The van der Waals surface area contributed by atoms with Crippen molar-refractivity contribution < 1.29 is 22.7 Å². The Kier molecular flexibility index (Phi) is 6.73. The van der Waals surface area contributed by atoms with Crippen LogP contribution in [0.1, 0.15) is 16.4 Å². The zero-order chi connectivity index (χ0) is 25.4. The molecule has 2 heterocycles. The van der Waals surface area contributed by atoms with Gasteiger partial charge >= 0.3 is 0 Å². The van der Waals surface area contributed by atoms with Gasteiger partial charge in [0.05, 0.1) is 6.61 Å². The topological polar surface area (TPSA) is 131 Å². The summed E-state index contributed by atoms with van der Waals surface area (Å²) in [5.74, 6) is -1.17. The fraction of sp³-hybridized carbons (Fsp3) is 0.280. The van der Waals surface area contributed by atoms with E-state index in [0.717, 1.165) is 16.3 Å². The molecule has 3 unspecified atom stereocenters.